The predicted octanol–water partition coefficient (Wildman–Crippen LogP) is 3.87. The number of hydrogen-bond donors (Lipinski definition) is 1. The molecule has 28 heavy (non-hydrogen) atoms. The molecule has 0 saturated carbocycles. The molecule has 6 nitrogen and oxygen atoms in total. The Bertz CT molecular complexity index is 1040. The molecule has 0 spiro atoms. The minimum absolute atomic E-state index is 0.0108. The van der Waals surface area contributed by atoms with Crippen molar-refractivity contribution in [2.75, 3.05) is 20.2 Å². The number of halogens is 2. The number of hydrazine groups is 1. The van der Waals surface area contributed by atoms with Crippen LogP contribution < -0.4 is 4.74 Å². The van der Waals surface area contributed by atoms with E-state index in [1.54, 1.807) is 25.3 Å². The summed E-state index contributed by atoms with van der Waals surface area (Å²) in [5.74, 6) is 0.534. The van der Waals surface area contributed by atoms with Crippen molar-refractivity contribution in [1.82, 2.24) is 20.0 Å². The van der Waals surface area contributed by atoms with Crippen LogP contribution in [-0.4, -0.2) is 52.1 Å². The van der Waals surface area contributed by atoms with Gasteiger partial charge in [-0.25, -0.2) is 14.4 Å². The SMILES string of the molecule is COc1cc(C(=O)N2C3CCN2CC3)ccc1-c1nc2cc(Cl)c(F)cc2[nH]1. The number of aromatic amines is 1. The monoisotopic (exact) mass is 400 g/mol. The van der Waals surface area contributed by atoms with Gasteiger partial charge in [-0.1, -0.05) is 11.6 Å². The number of nitrogens with zero attached hydrogens (tertiary/aromatic N) is 3. The lowest BCUT2D eigenvalue weighted by atomic mass is 10.1. The molecule has 8 heteroatoms. The fourth-order valence-electron chi connectivity index (χ4n) is 4.12. The first kappa shape index (κ1) is 17.5. The van der Waals surface area contributed by atoms with Crippen molar-refractivity contribution in [3.8, 4) is 17.1 Å². The van der Waals surface area contributed by atoms with Gasteiger partial charge in [0, 0.05) is 24.7 Å². The Morgan fingerprint density at radius 2 is 2.07 bits per heavy atom. The first-order valence-corrected chi connectivity index (χ1v) is 9.54. The van der Waals surface area contributed by atoms with E-state index in [-0.39, 0.29) is 10.9 Å². The molecule has 2 aliphatic rings. The van der Waals surface area contributed by atoms with E-state index in [9.17, 15) is 9.18 Å². The Labute approximate surface area is 165 Å². The number of nitrogens with one attached hydrogen (secondary N) is 1. The number of amides is 1. The van der Waals surface area contributed by atoms with Crippen LogP contribution in [0.15, 0.2) is 30.3 Å². The highest BCUT2D eigenvalue weighted by atomic mass is 35.5. The van der Waals surface area contributed by atoms with Crippen LogP contribution in [0, 0.1) is 5.82 Å². The molecule has 1 amide bonds. The summed E-state index contributed by atoms with van der Waals surface area (Å²) in [5.41, 5.74) is 2.37. The van der Waals surface area contributed by atoms with Crippen molar-refractivity contribution in [3.63, 3.8) is 0 Å². The third kappa shape index (κ3) is 2.65. The number of rotatable bonds is 3. The maximum Gasteiger partial charge on any atom is 0.268 e. The van der Waals surface area contributed by atoms with E-state index in [1.165, 1.54) is 12.1 Å². The van der Waals surface area contributed by atoms with Gasteiger partial charge in [0.05, 0.1) is 34.8 Å². The van der Waals surface area contributed by atoms with Gasteiger partial charge in [0.25, 0.3) is 5.91 Å². The third-order valence-corrected chi connectivity index (χ3v) is 5.82. The van der Waals surface area contributed by atoms with Gasteiger partial charge in [0.2, 0.25) is 0 Å². The molecule has 144 valence electrons. The molecule has 0 aliphatic carbocycles. The van der Waals surface area contributed by atoms with Gasteiger partial charge >= 0.3 is 0 Å². The van der Waals surface area contributed by atoms with Crippen molar-refractivity contribution in [3.05, 3.63) is 46.7 Å². The molecule has 2 saturated heterocycles. The summed E-state index contributed by atoms with van der Waals surface area (Å²) < 4.78 is 19.2. The number of piperidine rings is 1. The fourth-order valence-corrected chi connectivity index (χ4v) is 4.28. The molecular formula is C20H18ClFN4O2. The number of methoxy groups -OCH3 is 1. The minimum atomic E-state index is -0.507. The molecule has 3 heterocycles. The van der Waals surface area contributed by atoms with Gasteiger partial charge in [-0.2, -0.15) is 0 Å². The van der Waals surface area contributed by atoms with E-state index in [2.05, 4.69) is 15.0 Å². The number of imidazole rings is 1. The molecular weight excluding hydrogens is 383 g/mol. The second kappa shape index (κ2) is 6.46. The van der Waals surface area contributed by atoms with Gasteiger partial charge in [-0.15, -0.1) is 0 Å². The van der Waals surface area contributed by atoms with Gasteiger partial charge in [-0.05, 0) is 37.1 Å². The highest BCUT2D eigenvalue weighted by Crippen LogP contribution is 2.34. The van der Waals surface area contributed by atoms with Gasteiger partial charge in [0.15, 0.2) is 0 Å². The Hall–Kier alpha value is -2.64. The topological polar surface area (TPSA) is 61.5 Å². The summed E-state index contributed by atoms with van der Waals surface area (Å²) in [6.07, 6.45) is 2.05. The quantitative estimate of drug-likeness (QED) is 0.725. The minimum Gasteiger partial charge on any atom is -0.496 e. The number of hydrogen-bond acceptors (Lipinski definition) is 4. The van der Waals surface area contributed by atoms with Crippen LogP contribution in [-0.2, 0) is 0 Å². The molecule has 0 radical (unpaired) electrons. The lowest BCUT2D eigenvalue weighted by molar-refractivity contribution is 0.0334. The molecule has 1 N–H and O–H groups in total. The number of aromatic nitrogens is 2. The summed E-state index contributed by atoms with van der Waals surface area (Å²) in [6, 6.07) is 8.41. The normalized spacial score (nSPS) is 20.9. The van der Waals surface area contributed by atoms with Crippen LogP contribution in [0.1, 0.15) is 23.2 Å². The lowest BCUT2D eigenvalue weighted by Crippen LogP contribution is -2.38. The van der Waals surface area contributed by atoms with Crippen LogP contribution >= 0.6 is 11.6 Å². The lowest BCUT2D eigenvalue weighted by Gasteiger charge is -2.24. The first-order valence-electron chi connectivity index (χ1n) is 9.17. The van der Waals surface area contributed by atoms with Crippen molar-refractivity contribution in [2.24, 2.45) is 0 Å². The zero-order chi connectivity index (χ0) is 19.4. The van der Waals surface area contributed by atoms with Crippen molar-refractivity contribution in [1.29, 1.82) is 0 Å². The summed E-state index contributed by atoms with van der Waals surface area (Å²) in [5, 5.41) is 4.01. The maximum absolute atomic E-state index is 13.7. The summed E-state index contributed by atoms with van der Waals surface area (Å²) >= 11 is 5.85. The Kier molecular flexibility index (Phi) is 4.03. The number of H-pyrrole nitrogens is 1. The number of carbonyl (C=O) groups excluding carboxylic acids is 1. The molecule has 2 fully saturated rings. The van der Waals surface area contributed by atoms with E-state index in [0.717, 1.165) is 25.9 Å². The van der Waals surface area contributed by atoms with Crippen LogP contribution in [0.25, 0.3) is 22.4 Å². The fraction of sp³-hybridized carbons (Fsp3) is 0.300. The van der Waals surface area contributed by atoms with Crippen molar-refractivity contribution < 1.29 is 13.9 Å². The molecule has 1 aromatic heterocycles. The second-order valence-electron chi connectivity index (χ2n) is 7.12. The largest absolute Gasteiger partial charge is 0.496 e. The summed E-state index contributed by atoms with van der Waals surface area (Å²) in [6.45, 7) is 1.87. The van der Waals surface area contributed by atoms with Crippen molar-refractivity contribution >= 4 is 28.5 Å². The smallest absolute Gasteiger partial charge is 0.268 e. The van der Waals surface area contributed by atoms with Crippen LogP contribution in [0.3, 0.4) is 0 Å². The molecule has 2 aromatic carbocycles. The van der Waals surface area contributed by atoms with E-state index >= 15 is 0 Å². The van der Waals surface area contributed by atoms with Crippen LogP contribution in [0.2, 0.25) is 5.02 Å². The van der Waals surface area contributed by atoms with E-state index in [4.69, 9.17) is 16.3 Å². The first-order chi connectivity index (χ1) is 13.5. The zero-order valence-corrected chi connectivity index (χ0v) is 16.0. The molecule has 5 rings (SSSR count). The van der Waals surface area contributed by atoms with Gasteiger partial charge in [0.1, 0.15) is 17.4 Å². The Morgan fingerprint density at radius 3 is 2.75 bits per heavy atom. The molecule has 3 aromatic rings. The zero-order valence-electron chi connectivity index (χ0n) is 15.2. The van der Waals surface area contributed by atoms with E-state index < -0.39 is 5.82 Å². The third-order valence-electron chi connectivity index (χ3n) is 5.53. The highest BCUT2D eigenvalue weighted by Gasteiger charge is 2.41. The molecule has 0 unspecified atom stereocenters. The van der Waals surface area contributed by atoms with Crippen LogP contribution in [0.5, 0.6) is 5.75 Å². The van der Waals surface area contributed by atoms with E-state index in [1.807, 2.05) is 5.01 Å². The summed E-state index contributed by atoms with van der Waals surface area (Å²) in [7, 11) is 1.55. The van der Waals surface area contributed by atoms with E-state index in [0.29, 0.717) is 39.8 Å². The van der Waals surface area contributed by atoms with Crippen LogP contribution in [0.4, 0.5) is 4.39 Å². The number of carbonyl (C=O) groups is 1. The Morgan fingerprint density at radius 1 is 1.29 bits per heavy atom. The predicted molar refractivity (Wildman–Crippen MR) is 104 cm³/mol. The highest BCUT2D eigenvalue weighted by molar-refractivity contribution is 6.31. The number of ether oxygens (including phenoxy) is 1. The van der Waals surface area contributed by atoms with Crippen molar-refractivity contribution in [2.45, 2.75) is 18.9 Å². The average Bonchev–Trinajstić information content (AvgIpc) is 3.41. The number of benzene rings is 2. The maximum atomic E-state index is 13.7. The summed E-state index contributed by atoms with van der Waals surface area (Å²) in [4.78, 5) is 20.6. The average molecular weight is 401 g/mol. The molecule has 0 atom stereocenters. The Balaban J connectivity index is 1.52. The molecule has 2 bridgehead atoms. The molecule has 2 aliphatic heterocycles. The standard InChI is InChI=1S/C20H18ClFN4O2/c1-28-18-8-11(20(27)26-12-4-6-25(26)7-5-12)2-3-13(18)19-23-16-9-14(21)15(22)10-17(16)24-19/h2-3,8-10,12H,4-7H2,1H3,(H,23,24). The van der Waals surface area contributed by atoms with Gasteiger partial charge in [-0.3, -0.25) is 9.80 Å². The second-order valence-corrected chi connectivity index (χ2v) is 7.53. The van der Waals surface area contributed by atoms with Gasteiger partial charge < -0.3 is 9.72 Å². The number of fused-ring (bicyclic) bond motifs is 3.